The molecule has 1 aromatic carbocycles. The quantitative estimate of drug-likeness (QED) is 0.726. The maximum absolute atomic E-state index is 6.22. The smallest absolute Gasteiger partial charge is 0.245 e. The van der Waals surface area contributed by atoms with Crippen LogP contribution in [-0.2, 0) is 13.6 Å². The van der Waals surface area contributed by atoms with E-state index in [9.17, 15) is 0 Å². The molecule has 0 atom stereocenters. The van der Waals surface area contributed by atoms with E-state index in [1.54, 1.807) is 15.6 Å². The van der Waals surface area contributed by atoms with Crippen molar-refractivity contribution < 1.29 is 0 Å². The number of hydrogen-bond acceptors (Lipinski definition) is 6. The Bertz CT molecular complexity index is 910. The van der Waals surface area contributed by atoms with Crippen LogP contribution in [0.3, 0.4) is 0 Å². The van der Waals surface area contributed by atoms with Crippen LogP contribution in [0.2, 0.25) is 5.02 Å². The second-order valence-electron chi connectivity index (χ2n) is 7.01. The zero-order valence-corrected chi connectivity index (χ0v) is 16.3. The van der Waals surface area contributed by atoms with E-state index >= 15 is 0 Å². The molecule has 4 rings (SSSR count). The maximum Gasteiger partial charge on any atom is 0.245 e. The molecule has 27 heavy (non-hydrogen) atoms. The van der Waals surface area contributed by atoms with Crippen molar-refractivity contribution in [2.75, 3.05) is 23.3 Å². The third-order valence-electron chi connectivity index (χ3n) is 4.83. The lowest BCUT2D eigenvalue weighted by atomic mass is 10.0. The summed E-state index contributed by atoms with van der Waals surface area (Å²) in [5, 5.41) is 20.8. The molecule has 0 aliphatic carbocycles. The molecular formula is C18H23ClN8. The molecule has 9 heteroatoms. The molecule has 1 aliphatic heterocycles. The first-order valence-electron chi connectivity index (χ1n) is 9.11. The SMILES string of the molecule is Cc1cccc(NC2CCN(c3nnnn3Cc3nn(C)cc3Cl)CC2)c1. The highest BCUT2D eigenvalue weighted by Crippen LogP contribution is 2.22. The summed E-state index contributed by atoms with van der Waals surface area (Å²) in [5.41, 5.74) is 3.22. The number of piperidine rings is 1. The molecule has 0 amide bonds. The lowest BCUT2D eigenvalue weighted by Crippen LogP contribution is -2.40. The fourth-order valence-electron chi connectivity index (χ4n) is 3.48. The standard InChI is InChI=1S/C18H23ClN8/c1-13-4-3-5-15(10-13)20-14-6-8-26(9-7-14)18-21-23-24-27(18)12-17-16(19)11-25(2)22-17/h3-5,10-11,14,20H,6-9,12H2,1-2H3. The molecule has 2 aromatic heterocycles. The molecule has 0 bridgehead atoms. The van der Waals surface area contributed by atoms with Crippen molar-refractivity contribution in [3.8, 4) is 0 Å². The lowest BCUT2D eigenvalue weighted by Gasteiger charge is -2.33. The van der Waals surface area contributed by atoms with Crippen molar-refractivity contribution in [3.63, 3.8) is 0 Å². The molecule has 142 valence electrons. The summed E-state index contributed by atoms with van der Waals surface area (Å²) in [7, 11) is 1.85. The van der Waals surface area contributed by atoms with E-state index in [4.69, 9.17) is 11.6 Å². The number of anilines is 2. The molecule has 1 aliphatic rings. The number of benzene rings is 1. The van der Waals surface area contributed by atoms with Crippen molar-refractivity contribution in [2.24, 2.45) is 7.05 Å². The van der Waals surface area contributed by atoms with Gasteiger partial charge >= 0.3 is 0 Å². The van der Waals surface area contributed by atoms with E-state index in [2.05, 4.69) is 62.0 Å². The Morgan fingerprint density at radius 3 is 2.78 bits per heavy atom. The Labute approximate surface area is 163 Å². The van der Waals surface area contributed by atoms with Gasteiger partial charge in [-0.1, -0.05) is 28.8 Å². The van der Waals surface area contributed by atoms with E-state index < -0.39 is 0 Å². The predicted octanol–water partition coefficient (Wildman–Crippen LogP) is 2.50. The fourth-order valence-corrected chi connectivity index (χ4v) is 3.72. The molecule has 1 N–H and O–H groups in total. The molecule has 0 radical (unpaired) electrons. The third-order valence-corrected chi connectivity index (χ3v) is 5.15. The van der Waals surface area contributed by atoms with E-state index in [-0.39, 0.29) is 0 Å². The number of nitrogens with zero attached hydrogens (tertiary/aromatic N) is 7. The van der Waals surface area contributed by atoms with E-state index in [1.807, 2.05) is 7.05 Å². The molecule has 0 saturated carbocycles. The summed E-state index contributed by atoms with van der Waals surface area (Å²) in [5.74, 6) is 0.769. The van der Waals surface area contributed by atoms with Gasteiger partial charge in [0.05, 0.1) is 11.6 Å². The Morgan fingerprint density at radius 1 is 1.26 bits per heavy atom. The third kappa shape index (κ3) is 4.05. The molecule has 0 unspecified atom stereocenters. The van der Waals surface area contributed by atoms with Crippen molar-refractivity contribution in [3.05, 3.63) is 46.7 Å². The van der Waals surface area contributed by atoms with Gasteiger partial charge in [-0.15, -0.1) is 0 Å². The fraction of sp³-hybridized carbons (Fsp3) is 0.444. The molecule has 0 spiro atoms. The topological polar surface area (TPSA) is 76.7 Å². The van der Waals surface area contributed by atoms with Crippen LogP contribution >= 0.6 is 11.6 Å². The Kier molecular flexibility index (Phi) is 4.98. The van der Waals surface area contributed by atoms with Crippen molar-refractivity contribution >= 4 is 23.2 Å². The van der Waals surface area contributed by atoms with Crippen LogP contribution in [0, 0.1) is 6.92 Å². The summed E-state index contributed by atoms with van der Waals surface area (Å²) >= 11 is 6.22. The van der Waals surface area contributed by atoms with Gasteiger partial charge in [0.1, 0.15) is 5.69 Å². The summed E-state index contributed by atoms with van der Waals surface area (Å²) in [4.78, 5) is 2.23. The van der Waals surface area contributed by atoms with Gasteiger partial charge in [-0.2, -0.15) is 5.10 Å². The molecular weight excluding hydrogens is 364 g/mol. The lowest BCUT2D eigenvalue weighted by molar-refractivity contribution is 0.507. The first-order valence-corrected chi connectivity index (χ1v) is 9.48. The second-order valence-corrected chi connectivity index (χ2v) is 7.42. The van der Waals surface area contributed by atoms with E-state index in [0.717, 1.165) is 37.6 Å². The number of rotatable bonds is 5. The monoisotopic (exact) mass is 386 g/mol. The number of nitrogens with one attached hydrogen (secondary N) is 1. The van der Waals surface area contributed by atoms with Gasteiger partial charge in [0.25, 0.3) is 0 Å². The van der Waals surface area contributed by atoms with Crippen LogP contribution in [-0.4, -0.2) is 49.1 Å². The van der Waals surface area contributed by atoms with Crippen LogP contribution in [0.5, 0.6) is 0 Å². The van der Waals surface area contributed by atoms with Crippen molar-refractivity contribution in [2.45, 2.75) is 32.4 Å². The number of aryl methyl sites for hydroxylation is 2. The molecule has 3 aromatic rings. The first kappa shape index (κ1) is 17.8. The van der Waals surface area contributed by atoms with Gasteiger partial charge in [0.15, 0.2) is 0 Å². The van der Waals surface area contributed by atoms with Gasteiger partial charge < -0.3 is 10.2 Å². The minimum atomic E-state index is 0.456. The van der Waals surface area contributed by atoms with Gasteiger partial charge in [0, 0.05) is 38.1 Å². The van der Waals surface area contributed by atoms with E-state index in [0.29, 0.717) is 17.6 Å². The molecule has 3 heterocycles. The Hall–Kier alpha value is -2.61. The zero-order valence-electron chi connectivity index (χ0n) is 15.5. The largest absolute Gasteiger partial charge is 0.382 e. The average Bonchev–Trinajstić information content (AvgIpc) is 3.22. The Morgan fingerprint density at radius 2 is 2.07 bits per heavy atom. The van der Waals surface area contributed by atoms with Gasteiger partial charge in [-0.05, 0) is 47.9 Å². The summed E-state index contributed by atoms with van der Waals surface area (Å²) in [6.45, 7) is 4.38. The molecule has 8 nitrogen and oxygen atoms in total. The highest BCUT2D eigenvalue weighted by atomic mass is 35.5. The molecule has 1 fully saturated rings. The summed E-state index contributed by atoms with van der Waals surface area (Å²) < 4.78 is 3.46. The Balaban J connectivity index is 1.39. The average molecular weight is 387 g/mol. The molecule has 1 saturated heterocycles. The minimum absolute atomic E-state index is 0.456. The summed E-state index contributed by atoms with van der Waals surface area (Å²) in [6.07, 6.45) is 3.85. The minimum Gasteiger partial charge on any atom is -0.382 e. The zero-order chi connectivity index (χ0) is 18.8. The summed E-state index contributed by atoms with van der Waals surface area (Å²) in [6, 6.07) is 8.96. The highest BCUT2D eigenvalue weighted by Gasteiger charge is 2.24. The van der Waals surface area contributed by atoms with Crippen LogP contribution in [0.25, 0.3) is 0 Å². The van der Waals surface area contributed by atoms with Crippen molar-refractivity contribution in [1.82, 2.24) is 30.0 Å². The predicted molar refractivity (Wildman–Crippen MR) is 105 cm³/mol. The van der Waals surface area contributed by atoms with Gasteiger partial charge in [-0.3, -0.25) is 4.68 Å². The van der Waals surface area contributed by atoms with Gasteiger partial charge in [0.2, 0.25) is 5.95 Å². The van der Waals surface area contributed by atoms with Crippen molar-refractivity contribution in [1.29, 1.82) is 0 Å². The second kappa shape index (κ2) is 7.56. The number of halogens is 1. The normalized spacial score (nSPS) is 15.3. The van der Waals surface area contributed by atoms with Crippen LogP contribution < -0.4 is 10.2 Å². The number of hydrogen-bond donors (Lipinski definition) is 1. The maximum atomic E-state index is 6.22. The van der Waals surface area contributed by atoms with Crippen LogP contribution in [0.4, 0.5) is 11.6 Å². The first-order chi connectivity index (χ1) is 13.1. The van der Waals surface area contributed by atoms with E-state index in [1.165, 1.54) is 11.3 Å². The number of aromatic nitrogens is 6. The van der Waals surface area contributed by atoms with Gasteiger partial charge in [-0.25, -0.2) is 4.68 Å². The van der Waals surface area contributed by atoms with Crippen LogP contribution in [0.15, 0.2) is 30.5 Å². The van der Waals surface area contributed by atoms with Crippen LogP contribution in [0.1, 0.15) is 24.1 Å². The number of tetrazole rings is 1. The highest BCUT2D eigenvalue weighted by molar-refractivity contribution is 6.31.